The second-order valence-electron chi connectivity index (χ2n) is 9.95. The van der Waals surface area contributed by atoms with Crippen LogP contribution in [0.1, 0.15) is 61.4 Å². The van der Waals surface area contributed by atoms with E-state index in [0.29, 0.717) is 6.54 Å². The van der Waals surface area contributed by atoms with Gasteiger partial charge in [-0.05, 0) is 69.4 Å². The maximum atomic E-state index is 12.5. The van der Waals surface area contributed by atoms with Crippen LogP contribution < -0.4 is 5.32 Å². The minimum atomic E-state index is 0.0306. The first kappa shape index (κ1) is 22.2. The van der Waals surface area contributed by atoms with Gasteiger partial charge in [-0.25, -0.2) is 0 Å². The summed E-state index contributed by atoms with van der Waals surface area (Å²) in [6.45, 7) is 4.76. The number of aryl methyl sites for hydroxylation is 2. The molecule has 2 unspecified atom stereocenters. The Labute approximate surface area is 198 Å². The number of carbonyl (C=O) groups is 1. The van der Waals surface area contributed by atoms with Gasteiger partial charge in [-0.1, -0.05) is 48.5 Å². The zero-order chi connectivity index (χ0) is 22.6. The van der Waals surface area contributed by atoms with Gasteiger partial charge in [0.25, 0.3) is 5.91 Å². The summed E-state index contributed by atoms with van der Waals surface area (Å²) in [5.74, 6) is 0.912. The SMILES string of the molecule is CCNC(=O)c1cn(CCCN2C3CCC2CC(CCc2ccccc2)C3)c2ccccc12. The summed E-state index contributed by atoms with van der Waals surface area (Å²) in [6, 6.07) is 20.8. The molecule has 2 fully saturated rings. The number of nitrogens with one attached hydrogen (secondary N) is 1. The quantitative estimate of drug-likeness (QED) is 0.463. The van der Waals surface area contributed by atoms with Gasteiger partial charge in [0.05, 0.1) is 5.56 Å². The maximum absolute atomic E-state index is 12.5. The van der Waals surface area contributed by atoms with Crippen molar-refractivity contribution >= 4 is 16.8 Å². The molecule has 1 N–H and O–H groups in total. The number of fused-ring (bicyclic) bond motifs is 3. The van der Waals surface area contributed by atoms with Crippen LogP contribution in [0.4, 0.5) is 0 Å². The fraction of sp³-hybridized carbons (Fsp3) is 0.483. The van der Waals surface area contributed by atoms with Gasteiger partial charge >= 0.3 is 0 Å². The lowest BCUT2D eigenvalue weighted by Gasteiger charge is -2.39. The fourth-order valence-electron chi connectivity index (χ4n) is 6.30. The minimum absolute atomic E-state index is 0.0306. The molecule has 2 aliphatic heterocycles. The largest absolute Gasteiger partial charge is 0.352 e. The monoisotopic (exact) mass is 443 g/mol. The van der Waals surface area contributed by atoms with E-state index in [1.807, 2.05) is 13.0 Å². The molecule has 1 amide bonds. The zero-order valence-corrected chi connectivity index (χ0v) is 19.9. The number of hydrogen-bond donors (Lipinski definition) is 1. The number of para-hydroxylation sites is 1. The first-order valence-corrected chi connectivity index (χ1v) is 12.9. The van der Waals surface area contributed by atoms with Gasteiger partial charge in [0.2, 0.25) is 0 Å². The number of amides is 1. The van der Waals surface area contributed by atoms with Crippen LogP contribution in [-0.2, 0) is 13.0 Å². The van der Waals surface area contributed by atoms with Crippen molar-refractivity contribution in [2.45, 2.75) is 70.5 Å². The molecule has 0 radical (unpaired) electrons. The standard InChI is InChI=1S/C29H37N3O/c1-2-30-29(33)27-21-31(28-12-7-6-11-26(27)28)17-8-18-32-24-15-16-25(32)20-23(19-24)14-13-22-9-4-3-5-10-22/h3-7,9-12,21,23-25H,2,8,13-20H2,1H3,(H,30,33). The third kappa shape index (κ3) is 4.86. The number of aromatic nitrogens is 1. The van der Waals surface area contributed by atoms with Gasteiger partial charge in [-0.15, -0.1) is 0 Å². The van der Waals surface area contributed by atoms with Gasteiger partial charge in [0.1, 0.15) is 0 Å². The molecule has 3 heterocycles. The Morgan fingerprint density at radius 2 is 1.70 bits per heavy atom. The molecule has 174 valence electrons. The molecule has 1 aromatic heterocycles. The first-order chi connectivity index (χ1) is 16.2. The summed E-state index contributed by atoms with van der Waals surface area (Å²) in [5, 5.41) is 4.02. The molecular formula is C29H37N3O. The van der Waals surface area contributed by atoms with Crippen LogP contribution in [0.25, 0.3) is 10.9 Å². The number of carbonyl (C=O) groups excluding carboxylic acids is 1. The molecule has 33 heavy (non-hydrogen) atoms. The Hall–Kier alpha value is -2.59. The Morgan fingerprint density at radius 1 is 0.970 bits per heavy atom. The van der Waals surface area contributed by atoms with E-state index in [9.17, 15) is 4.79 Å². The molecule has 4 nitrogen and oxygen atoms in total. The predicted molar refractivity (Wildman–Crippen MR) is 136 cm³/mol. The van der Waals surface area contributed by atoms with Crippen LogP contribution in [0.3, 0.4) is 0 Å². The molecular weight excluding hydrogens is 406 g/mol. The van der Waals surface area contributed by atoms with Crippen molar-refractivity contribution in [3.05, 3.63) is 71.9 Å². The van der Waals surface area contributed by atoms with E-state index in [1.54, 1.807) is 0 Å². The number of nitrogens with zero attached hydrogens (tertiary/aromatic N) is 2. The summed E-state index contributed by atoms with van der Waals surface area (Å²) in [6.07, 6.45) is 11.2. The highest BCUT2D eigenvalue weighted by Gasteiger charge is 2.39. The molecule has 2 saturated heterocycles. The maximum Gasteiger partial charge on any atom is 0.253 e. The van der Waals surface area contributed by atoms with Crippen LogP contribution >= 0.6 is 0 Å². The smallest absolute Gasteiger partial charge is 0.253 e. The Morgan fingerprint density at radius 3 is 2.45 bits per heavy atom. The van der Waals surface area contributed by atoms with E-state index in [2.05, 4.69) is 69.5 Å². The van der Waals surface area contributed by atoms with Gasteiger partial charge in [0.15, 0.2) is 0 Å². The molecule has 0 saturated carbocycles. The van der Waals surface area contributed by atoms with Gasteiger partial charge < -0.3 is 9.88 Å². The second-order valence-corrected chi connectivity index (χ2v) is 9.95. The highest BCUT2D eigenvalue weighted by atomic mass is 16.1. The highest BCUT2D eigenvalue weighted by Crippen LogP contribution is 2.40. The summed E-state index contributed by atoms with van der Waals surface area (Å²) >= 11 is 0. The van der Waals surface area contributed by atoms with Crippen molar-refractivity contribution < 1.29 is 4.79 Å². The van der Waals surface area contributed by atoms with Crippen molar-refractivity contribution in [2.75, 3.05) is 13.1 Å². The van der Waals surface area contributed by atoms with E-state index >= 15 is 0 Å². The number of hydrogen-bond acceptors (Lipinski definition) is 2. The van der Waals surface area contributed by atoms with Gasteiger partial charge in [0, 0.05) is 48.8 Å². The molecule has 2 aliphatic rings. The minimum Gasteiger partial charge on any atom is -0.352 e. The van der Waals surface area contributed by atoms with Crippen LogP contribution in [0.2, 0.25) is 0 Å². The lowest BCUT2D eigenvalue weighted by atomic mass is 9.86. The van der Waals surface area contributed by atoms with E-state index < -0.39 is 0 Å². The van der Waals surface area contributed by atoms with Crippen molar-refractivity contribution in [1.29, 1.82) is 0 Å². The molecule has 2 atom stereocenters. The molecule has 0 aliphatic carbocycles. The third-order valence-corrected chi connectivity index (χ3v) is 7.85. The third-order valence-electron chi connectivity index (χ3n) is 7.85. The fourth-order valence-corrected chi connectivity index (χ4v) is 6.30. The average molecular weight is 444 g/mol. The topological polar surface area (TPSA) is 37.3 Å². The summed E-state index contributed by atoms with van der Waals surface area (Å²) < 4.78 is 2.29. The summed E-state index contributed by atoms with van der Waals surface area (Å²) in [4.78, 5) is 15.3. The number of benzene rings is 2. The van der Waals surface area contributed by atoms with Crippen molar-refractivity contribution in [3.8, 4) is 0 Å². The number of piperidine rings is 1. The molecule has 3 aromatic rings. The highest BCUT2D eigenvalue weighted by molar-refractivity contribution is 6.06. The average Bonchev–Trinajstić information content (AvgIpc) is 3.32. The van der Waals surface area contributed by atoms with E-state index in [4.69, 9.17) is 0 Å². The van der Waals surface area contributed by atoms with Gasteiger partial charge in [-0.2, -0.15) is 0 Å². The Bertz CT molecular complexity index is 1060. The Balaban J connectivity index is 1.17. The zero-order valence-electron chi connectivity index (χ0n) is 19.9. The van der Waals surface area contributed by atoms with E-state index in [1.165, 1.54) is 56.1 Å². The number of rotatable bonds is 9. The molecule has 5 rings (SSSR count). The van der Waals surface area contributed by atoms with Gasteiger partial charge in [-0.3, -0.25) is 9.69 Å². The summed E-state index contributed by atoms with van der Waals surface area (Å²) in [5.41, 5.74) is 3.45. The van der Waals surface area contributed by atoms with E-state index in [-0.39, 0.29) is 5.91 Å². The lowest BCUT2D eigenvalue weighted by molar-refractivity contribution is 0.0957. The Kier molecular flexibility index (Phi) is 6.82. The van der Waals surface area contributed by atoms with E-state index in [0.717, 1.165) is 41.9 Å². The second kappa shape index (κ2) is 10.1. The first-order valence-electron chi connectivity index (χ1n) is 12.9. The summed E-state index contributed by atoms with van der Waals surface area (Å²) in [7, 11) is 0. The molecule has 2 bridgehead atoms. The molecule has 4 heteroatoms. The van der Waals surface area contributed by atoms with Crippen molar-refractivity contribution in [2.24, 2.45) is 5.92 Å². The van der Waals surface area contributed by atoms with Crippen molar-refractivity contribution in [3.63, 3.8) is 0 Å². The predicted octanol–water partition coefficient (Wildman–Crippen LogP) is 5.66. The molecule has 0 spiro atoms. The lowest BCUT2D eigenvalue weighted by Crippen LogP contribution is -2.43. The van der Waals surface area contributed by atoms with Crippen LogP contribution in [0.15, 0.2) is 60.8 Å². The van der Waals surface area contributed by atoms with Crippen molar-refractivity contribution in [1.82, 2.24) is 14.8 Å². The van der Waals surface area contributed by atoms with Crippen LogP contribution in [-0.4, -0.2) is 40.5 Å². The van der Waals surface area contributed by atoms with Crippen LogP contribution in [0, 0.1) is 5.92 Å². The normalized spacial score (nSPS) is 22.6. The van der Waals surface area contributed by atoms with Crippen LogP contribution in [0.5, 0.6) is 0 Å². The molecule has 2 aromatic carbocycles.